The average molecular weight is 781 g/mol. The molecule has 290 valence electrons. The molecule has 0 spiro atoms. The van der Waals surface area contributed by atoms with Gasteiger partial charge in [0.1, 0.15) is 0 Å². The summed E-state index contributed by atoms with van der Waals surface area (Å²) >= 11 is 0. The predicted molar refractivity (Wildman–Crippen MR) is 259 cm³/mol. The van der Waals surface area contributed by atoms with E-state index in [1.165, 1.54) is 49.9 Å². The molecule has 0 saturated carbocycles. The average Bonchev–Trinajstić information content (AvgIpc) is 3.56. The van der Waals surface area contributed by atoms with Crippen molar-refractivity contribution in [3.63, 3.8) is 0 Å². The number of aliphatic imine (C=N–C) groups is 1. The fourth-order valence-corrected chi connectivity index (χ4v) is 9.21. The molecule has 0 saturated heterocycles. The molecule has 0 aliphatic heterocycles. The van der Waals surface area contributed by atoms with Gasteiger partial charge in [-0.3, -0.25) is 5.41 Å². The summed E-state index contributed by atoms with van der Waals surface area (Å²) in [5, 5.41) is 11.4. The number of fused-ring (bicyclic) bond motifs is 4. The maximum absolute atomic E-state index is 9.08. The highest BCUT2D eigenvalue weighted by Gasteiger charge is 2.37. The maximum atomic E-state index is 9.08. The highest BCUT2D eigenvalue weighted by atomic mass is 14.8. The second-order valence-corrected chi connectivity index (χ2v) is 16.3. The Labute approximate surface area is 358 Å². The monoisotopic (exact) mass is 780 g/mol. The number of amidine groups is 1. The maximum Gasteiger partial charge on any atom is 0.152 e. The molecule has 1 aliphatic rings. The molecule has 9 aromatic rings. The zero-order chi connectivity index (χ0) is 41.3. The number of rotatable bonds is 8. The molecule has 1 aliphatic carbocycles. The van der Waals surface area contributed by atoms with E-state index in [1.54, 1.807) is 0 Å². The lowest BCUT2D eigenvalue weighted by Crippen LogP contribution is -2.16. The molecule has 0 atom stereocenters. The van der Waals surface area contributed by atoms with Gasteiger partial charge in [0.15, 0.2) is 5.84 Å². The molecule has 1 N–H and O–H groups in total. The molecule has 2 nitrogen and oxygen atoms in total. The first-order chi connectivity index (χ1) is 29.9. The number of nitrogens with one attached hydrogen (secondary N) is 1. The van der Waals surface area contributed by atoms with E-state index in [9.17, 15) is 0 Å². The third-order valence-corrected chi connectivity index (χ3v) is 12.2. The Hall–Kier alpha value is -7.68. The van der Waals surface area contributed by atoms with Crippen LogP contribution in [0.1, 0.15) is 41.7 Å². The van der Waals surface area contributed by atoms with Crippen molar-refractivity contribution in [2.24, 2.45) is 4.99 Å². The van der Waals surface area contributed by atoms with Crippen LogP contribution in [0.15, 0.2) is 223 Å². The van der Waals surface area contributed by atoms with Crippen LogP contribution in [0.3, 0.4) is 0 Å². The largest absolute Gasteiger partial charge is 0.282 e. The first kappa shape index (κ1) is 37.6. The van der Waals surface area contributed by atoms with Gasteiger partial charge in [0.05, 0.1) is 5.71 Å². The van der Waals surface area contributed by atoms with Crippen LogP contribution >= 0.6 is 0 Å². The Morgan fingerprint density at radius 1 is 0.426 bits per heavy atom. The number of allylic oxidation sites excluding steroid dienone is 1. The molecule has 0 radical (unpaired) electrons. The van der Waals surface area contributed by atoms with Gasteiger partial charge in [0.25, 0.3) is 0 Å². The van der Waals surface area contributed by atoms with E-state index in [2.05, 4.69) is 196 Å². The van der Waals surface area contributed by atoms with E-state index in [4.69, 9.17) is 10.4 Å². The SMILES string of the molecule is CC1(C)c2ccccc2-c2cccc(-c3ccc(-c4ccc(/C=C/C(=NC(=N)c5ccccc5)c5ccc(-c6ccccc6)c(-c6ccccc6)c5)c5ccccc45)cc3)c21. The summed E-state index contributed by atoms with van der Waals surface area (Å²) in [6, 6.07) is 75.1. The van der Waals surface area contributed by atoms with Gasteiger partial charge in [-0.25, -0.2) is 4.99 Å². The lowest BCUT2D eigenvalue weighted by atomic mass is 9.79. The number of nitrogens with zero attached hydrogens (tertiary/aromatic N) is 1. The summed E-state index contributed by atoms with van der Waals surface area (Å²) < 4.78 is 0. The highest BCUT2D eigenvalue weighted by Crippen LogP contribution is 2.52. The Kier molecular flexibility index (Phi) is 9.75. The fraction of sp³-hybridized carbons (Fsp3) is 0.0508. The normalized spacial score (nSPS) is 13.0. The van der Waals surface area contributed by atoms with Crippen molar-refractivity contribution < 1.29 is 0 Å². The van der Waals surface area contributed by atoms with Crippen LogP contribution in [0.2, 0.25) is 0 Å². The molecule has 0 amide bonds. The molecular weight excluding hydrogens is 737 g/mol. The molecule has 9 aromatic carbocycles. The predicted octanol–water partition coefficient (Wildman–Crippen LogP) is 15.3. The summed E-state index contributed by atoms with van der Waals surface area (Å²) in [6.45, 7) is 4.70. The van der Waals surface area contributed by atoms with Gasteiger partial charge in [0, 0.05) is 16.5 Å². The molecule has 0 aromatic heterocycles. The van der Waals surface area contributed by atoms with E-state index < -0.39 is 0 Å². The Bertz CT molecular complexity index is 3140. The molecular formula is C59H44N2. The zero-order valence-corrected chi connectivity index (χ0v) is 34.3. The van der Waals surface area contributed by atoms with E-state index in [1.807, 2.05) is 42.5 Å². The fourth-order valence-electron chi connectivity index (χ4n) is 9.21. The van der Waals surface area contributed by atoms with E-state index in [0.717, 1.165) is 44.3 Å². The van der Waals surface area contributed by atoms with Crippen molar-refractivity contribution in [1.82, 2.24) is 0 Å². The summed E-state index contributed by atoms with van der Waals surface area (Å²) in [4.78, 5) is 5.00. The lowest BCUT2D eigenvalue weighted by molar-refractivity contribution is 0.662. The highest BCUT2D eigenvalue weighted by molar-refractivity contribution is 6.18. The van der Waals surface area contributed by atoms with Gasteiger partial charge in [-0.1, -0.05) is 226 Å². The van der Waals surface area contributed by atoms with E-state index >= 15 is 0 Å². The topological polar surface area (TPSA) is 36.2 Å². The smallest absolute Gasteiger partial charge is 0.152 e. The second-order valence-electron chi connectivity index (χ2n) is 16.3. The van der Waals surface area contributed by atoms with Gasteiger partial charge in [-0.15, -0.1) is 0 Å². The van der Waals surface area contributed by atoms with Crippen molar-refractivity contribution >= 4 is 28.4 Å². The van der Waals surface area contributed by atoms with E-state index in [-0.39, 0.29) is 11.3 Å². The van der Waals surface area contributed by atoms with Gasteiger partial charge >= 0.3 is 0 Å². The third kappa shape index (κ3) is 7.03. The Balaban J connectivity index is 1.03. The van der Waals surface area contributed by atoms with Gasteiger partial charge in [-0.2, -0.15) is 0 Å². The molecule has 0 unspecified atom stereocenters. The summed E-state index contributed by atoms with van der Waals surface area (Å²) in [6.07, 6.45) is 4.22. The molecule has 2 heteroatoms. The van der Waals surface area contributed by atoms with Crippen LogP contribution in [0.4, 0.5) is 0 Å². The van der Waals surface area contributed by atoms with Crippen LogP contribution in [0, 0.1) is 5.41 Å². The van der Waals surface area contributed by atoms with Crippen molar-refractivity contribution in [2.75, 3.05) is 0 Å². The van der Waals surface area contributed by atoms with Crippen LogP contribution in [0.25, 0.3) is 72.5 Å². The summed E-state index contributed by atoms with van der Waals surface area (Å²) in [5.74, 6) is 0.214. The second kappa shape index (κ2) is 15.8. The molecule has 10 rings (SSSR count). The van der Waals surface area contributed by atoms with Crippen LogP contribution in [-0.4, -0.2) is 11.5 Å². The van der Waals surface area contributed by atoms with Gasteiger partial charge < -0.3 is 0 Å². The van der Waals surface area contributed by atoms with Crippen LogP contribution < -0.4 is 0 Å². The van der Waals surface area contributed by atoms with Crippen molar-refractivity contribution in [2.45, 2.75) is 19.3 Å². The van der Waals surface area contributed by atoms with Crippen molar-refractivity contribution in [1.29, 1.82) is 5.41 Å². The quantitative estimate of drug-likeness (QED) is 0.118. The number of hydrogen-bond acceptors (Lipinski definition) is 1. The molecule has 61 heavy (non-hydrogen) atoms. The van der Waals surface area contributed by atoms with Crippen molar-refractivity contribution in [3.8, 4) is 55.6 Å². The summed E-state index contributed by atoms with van der Waals surface area (Å²) in [7, 11) is 0. The Morgan fingerprint density at radius 2 is 0.967 bits per heavy atom. The van der Waals surface area contributed by atoms with E-state index in [0.29, 0.717) is 5.71 Å². The number of hydrogen-bond donors (Lipinski definition) is 1. The number of benzene rings is 9. The minimum Gasteiger partial charge on any atom is -0.282 e. The minimum atomic E-state index is -0.0804. The first-order valence-electron chi connectivity index (χ1n) is 21.0. The standard InChI is InChI=1S/C59H44N2/c1-59(2)55-28-15-14-25-52(55)53-27-16-26-50(57(53)59)44-31-29-42(30-32-44)48-36-33-43(47-23-12-13-24-51(47)48)35-38-56(61-58(60)45-21-10-5-11-22-45)46-34-37-49(40-17-6-3-7-18-40)54(39-46)41-19-8-4-9-20-41/h3-39,60H,1-2H3/b38-35+,60-58?,61-56?. The first-order valence-corrected chi connectivity index (χ1v) is 21.0. The minimum absolute atomic E-state index is 0.0804. The molecule has 0 bridgehead atoms. The summed E-state index contributed by atoms with van der Waals surface area (Å²) in [5.41, 5.74) is 18.3. The molecule has 0 fully saturated rings. The lowest BCUT2D eigenvalue weighted by Gasteiger charge is -2.24. The zero-order valence-electron chi connectivity index (χ0n) is 34.3. The van der Waals surface area contributed by atoms with Crippen molar-refractivity contribution in [3.05, 3.63) is 246 Å². The van der Waals surface area contributed by atoms with Crippen LogP contribution in [-0.2, 0) is 5.41 Å². The van der Waals surface area contributed by atoms with Crippen LogP contribution in [0.5, 0.6) is 0 Å². The third-order valence-electron chi connectivity index (χ3n) is 12.2. The Morgan fingerprint density at radius 3 is 1.69 bits per heavy atom. The van der Waals surface area contributed by atoms with Gasteiger partial charge in [-0.05, 0) is 95.2 Å². The van der Waals surface area contributed by atoms with Gasteiger partial charge in [0.2, 0.25) is 0 Å². The molecule has 0 heterocycles.